The first kappa shape index (κ1) is 38.8. The minimum atomic E-state index is -0.305. The summed E-state index contributed by atoms with van der Waals surface area (Å²) in [4.78, 5) is 10.3. The van der Waals surface area contributed by atoms with Crippen molar-refractivity contribution in [2.24, 2.45) is 0 Å². The third-order valence-corrected chi connectivity index (χ3v) is 12.6. The monoisotopic (exact) mass is 820 g/mol. The van der Waals surface area contributed by atoms with Crippen molar-refractivity contribution in [3.8, 4) is 101 Å². The summed E-state index contributed by atoms with van der Waals surface area (Å²) in [6, 6.07) is 81.4. The summed E-state index contributed by atoms with van der Waals surface area (Å²) < 4.78 is 6.62. The first-order chi connectivity index (χ1) is 31.4. The molecule has 0 fully saturated rings. The van der Waals surface area contributed by atoms with Gasteiger partial charge in [0.2, 0.25) is 0 Å². The molecule has 0 spiro atoms. The molecule has 1 aliphatic rings. The van der Waals surface area contributed by atoms with Crippen molar-refractivity contribution in [1.82, 2.24) is 9.97 Å². The molecule has 3 heteroatoms. The number of fused-ring (bicyclic) bond motifs is 2. The molecule has 8 aromatic carbocycles. The molecule has 10 aromatic rings. The first-order valence-electron chi connectivity index (χ1n) is 21.9. The predicted octanol–water partition coefficient (Wildman–Crippen LogP) is 16.2. The molecule has 0 saturated carbocycles. The normalized spacial score (nSPS) is 12.5. The van der Waals surface area contributed by atoms with Gasteiger partial charge < -0.3 is 4.74 Å². The Labute approximate surface area is 375 Å². The fraction of sp³-hybridized carbons (Fsp3) is 0.0492. The lowest BCUT2D eigenvalue weighted by Gasteiger charge is -2.35. The van der Waals surface area contributed by atoms with Gasteiger partial charge in [-0.1, -0.05) is 196 Å². The number of ether oxygens (including phenoxy) is 1. The van der Waals surface area contributed by atoms with Crippen LogP contribution in [-0.2, 0) is 5.41 Å². The van der Waals surface area contributed by atoms with E-state index in [2.05, 4.69) is 232 Å². The maximum atomic E-state index is 6.62. The summed E-state index contributed by atoms with van der Waals surface area (Å²) in [6.07, 6.45) is 0. The third kappa shape index (κ3) is 7.48. The second-order valence-electron chi connectivity index (χ2n) is 17.0. The van der Waals surface area contributed by atoms with E-state index in [1.54, 1.807) is 0 Å². The second-order valence-corrected chi connectivity index (χ2v) is 17.0. The lowest BCUT2D eigenvalue weighted by Crippen LogP contribution is -2.24. The molecule has 0 bridgehead atoms. The quantitative estimate of drug-likeness (QED) is 0.153. The Hall–Kier alpha value is -8.14. The van der Waals surface area contributed by atoms with Crippen molar-refractivity contribution in [1.29, 1.82) is 0 Å². The van der Waals surface area contributed by atoms with E-state index >= 15 is 0 Å². The maximum Gasteiger partial charge on any atom is 0.131 e. The van der Waals surface area contributed by atoms with Crippen LogP contribution in [0.3, 0.4) is 0 Å². The second kappa shape index (κ2) is 16.3. The van der Waals surface area contributed by atoms with Gasteiger partial charge in [0.15, 0.2) is 0 Å². The van der Waals surface area contributed by atoms with Gasteiger partial charge in [-0.05, 0) is 93.0 Å². The van der Waals surface area contributed by atoms with Crippen molar-refractivity contribution in [2.45, 2.75) is 19.3 Å². The molecule has 1 aliphatic heterocycles. The Bertz CT molecular complexity index is 2930. The zero-order chi connectivity index (χ0) is 43.0. The molecule has 0 unspecified atom stereocenters. The molecule has 0 radical (unpaired) electrons. The summed E-state index contributed by atoms with van der Waals surface area (Å²) in [7, 11) is 0. The van der Waals surface area contributed by atoms with Gasteiger partial charge in [-0.3, -0.25) is 0 Å². The molecule has 0 atom stereocenters. The van der Waals surface area contributed by atoms with E-state index < -0.39 is 0 Å². The first-order valence-corrected chi connectivity index (χ1v) is 21.9. The topological polar surface area (TPSA) is 35.0 Å². The summed E-state index contributed by atoms with van der Waals surface area (Å²) in [5, 5.41) is 0. The Morgan fingerprint density at radius 1 is 0.266 bits per heavy atom. The van der Waals surface area contributed by atoms with Crippen LogP contribution in [0.2, 0.25) is 0 Å². The summed E-state index contributed by atoms with van der Waals surface area (Å²) >= 11 is 0. The van der Waals surface area contributed by atoms with Crippen LogP contribution in [0.4, 0.5) is 0 Å². The molecule has 64 heavy (non-hydrogen) atoms. The maximum absolute atomic E-state index is 6.62. The van der Waals surface area contributed by atoms with E-state index in [4.69, 9.17) is 14.7 Å². The number of nitrogens with zero attached hydrogens (tertiary/aromatic N) is 2. The fourth-order valence-electron chi connectivity index (χ4n) is 8.97. The zero-order valence-corrected chi connectivity index (χ0v) is 35.7. The van der Waals surface area contributed by atoms with Crippen LogP contribution in [0.1, 0.15) is 25.0 Å². The average Bonchev–Trinajstić information content (AvgIpc) is 3.37. The van der Waals surface area contributed by atoms with Crippen molar-refractivity contribution in [2.75, 3.05) is 0 Å². The molecule has 0 amide bonds. The Balaban J connectivity index is 0.879. The van der Waals surface area contributed by atoms with Gasteiger partial charge in [0.05, 0.1) is 22.8 Å². The number of rotatable bonds is 8. The van der Waals surface area contributed by atoms with Gasteiger partial charge in [0.1, 0.15) is 11.5 Å². The van der Waals surface area contributed by atoms with Crippen LogP contribution < -0.4 is 4.74 Å². The highest BCUT2D eigenvalue weighted by atomic mass is 16.5. The van der Waals surface area contributed by atoms with Gasteiger partial charge in [0.25, 0.3) is 0 Å². The van der Waals surface area contributed by atoms with Crippen molar-refractivity contribution < 1.29 is 4.74 Å². The van der Waals surface area contributed by atoms with E-state index in [1.165, 1.54) is 11.1 Å². The van der Waals surface area contributed by atoms with Crippen molar-refractivity contribution in [3.63, 3.8) is 0 Å². The van der Waals surface area contributed by atoms with Crippen LogP contribution in [0.5, 0.6) is 11.5 Å². The van der Waals surface area contributed by atoms with Gasteiger partial charge in [0, 0.05) is 38.8 Å². The van der Waals surface area contributed by atoms with Gasteiger partial charge in [-0.25, -0.2) is 9.97 Å². The summed E-state index contributed by atoms with van der Waals surface area (Å²) in [6.45, 7) is 4.61. The Morgan fingerprint density at radius 3 is 0.875 bits per heavy atom. The number of aromatic nitrogens is 2. The molecule has 3 heterocycles. The average molecular weight is 821 g/mol. The number of hydrogen-bond acceptors (Lipinski definition) is 3. The van der Waals surface area contributed by atoms with Crippen LogP contribution in [0.15, 0.2) is 231 Å². The molecular formula is C61H44N2O. The number of benzene rings is 8. The van der Waals surface area contributed by atoms with Crippen molar-refractivity contribution in [3.05, 3.63) is 242 Å². The molecule has 304 valence electrons. The van der Waals surface area contributed by atoms with Crippen LogP contribution in [0, 0.1) is 0 Å². The fourth-order valence-corrected chi connectivity index (χ4v) is 8.97. The highest BCUT2D eigenvalue weighted by Crippen LogP contribution is 2.50. The number of pyridine rings is 2. The van der Waals surface area contributed by atoms with E-state index in [9.17, 15) is 0 Å². The van der Waals surface area contributed by atoms with Crippen LogP contribution in [-0.4, -0.2) is 9.97 Å². The number of hydrogen-bond donors (Lipinski definition) is 0. The van der Waals surface area contributed by atoms with E-state index in [-0.39, 0.29) is 5.41 Å². The molecular weight excluding hydrogens is 777 g/mol. The van der Waals surface area contributed by atoms with Gasteiger partial charge >= 0.3 is 0 Å². The Morgan fingerprint density at radius 2 is 0.531 bits per heavy atom. The van der Waals surface area contributed by atoms with E-state index in [1.807, 2.05) is 12.1 Å². The Kier molecular flexibility index (Phi) is 9.86. The van der Waals surface area contributed by atoms with Crippen LogP contribution in [0.25, 0.3) is 89.5 Å². The molecule has 0 saturated heterocycles. The van der Waals surface area contributed by atoms with E-state index in [0.717, 1.165) is 101 Å². The smallest absolute Gasteiger partial charge is 0.131 e. The van der Waals surface area contributed by atoms with Crippen molar-refractivity contribution >= 4 is 0 Å². The van der Waals surface area contributed by atoms with E-state index in [0.29, 0.717) is 0 Å². The molecule has 2 aromatic heterocycles. The summed E-state index contributed by atoms with van der Waals surface area (Å²) in [5.74, 6) is 1.79. The zero-order valence-electron chi connectivity index (χ0n) is 35.7. The largest absolute Gasteiger partial charge is 0.457 e. The standard InChI is InChI=1S/C61H44N2O/c1-61(2)53-35-49(43-23-27-47(28-24-43)57-39-51(41-15-7-3-8-16-41)37-55(62-57)45-19-11-5-12-20-45)31-33-59(53)64-60-34-32-50(36-54(60)61)44-25-29-48(30-26-44)58-40-52(42-17-9-4-10-18-42)38-56(63-58)46-21-13-6-14-22-46/h3-40H,1-2H3. The van der Waals surface area contributed by atoms with Gasteiger partial charge in [-0.2, -0.15) is 0 Å². The minimum Gasteiger partial charge on any atom is -0.457 e. The summed E-state index contributed by atoms with van der Waals surface area (Å²) in [5.41, 5.74) is 19.4. The lowest BCUT2D eigenvalue weighted by molar-refractivity contribution is 0.418. The van der Waals surface area contributed by atoms with Crippen LogP contribution >= 0.6 is 0 Å². The lowest BCUT2D eigenvalue weighted by atomic mass is 9.74. The molecule has 0 N–H and O–H groups in total. The van der Waals surface area contributed by atoms with Gasteiger partial charge in [-0.15, -0.1) is 0 Å². The highest BCUT2D eigenvalue weighted by molar-refractivity contribution is 5.80. The molecule has 11 rings (SSSR count). The SMILES string of the molecule is CC1(C)c2cc(-c3ccc(-c4cc(-c5ccccc5)cc(-c5ccccc5)n4)cc3)ccc2Oc2ccc(-c3ccc(-c4cc(-c5ccccc5)cc(-c5ccccc5)n4)cc3)cc21. The third-order valence-electron chi connectivity index (χ3n) is 12.6. The highest BCUT2D eigenvalue weighted by Gasteiger charge is 2.35. The minimum absolute atomic E-state index is 0.305. The molecule has 0 aliphatic carbocycles. The molecule has 3 nitrogen and oxygen atoms in total. The predicted molar refractivity (Wildman–Crippen MR) is 264 cm³/mol.